The summed E-state index contributed by atoms with van der Waals surface area (Å²) in [4.78, 5) is 25.9. The van der Waals surface area contributed by atoms with Gasteiger partial charge in [-0.2, -0.15) is 0 Å². The highest BCUT2D eigenvalue weighted by atomic mass is 16.5. The number of ether oxygens (including phenoxy) is 1. The fourth-order valence-electron chi connectivity index (χ4n) is 6.63. The summed E-state index contributed by atoms with van der Waals surface area (Å²) < 4.78 is 5.83. The van der Waals surface area contributed by atoms with Crippen LogP contribution in [0.3, 0.4) is 0 Å². The van der Waals surface area contributed by atoms with E-state index in [1.807, 2.05) is 12.2 Å². The molecule has 3 N–H and O–H groups in total. The number of hydrogen-bond donors (Lipinski definition) is 3. The Labute approximate surface area is 339 Å². The fraction of sp³-hybridized carbons (Fsp3) is 0.755. The zero-order valence-corrected chi connectivity index (χ0v) is 36.0. The summed E-state index contributed by atoms with van der Waals surface area (Å²) in [5.74, 6) is -0.582. The number of aliphatic hydroxyl groups excluding tert-OH is 2. The van der Waals surface area contributed by atoms with Gasteiger partial charge in [0, 0.05) is 12.8 Å². The van der Waals surface area contributed by atoms with Crippen LogP contribution >= 0.6 is 0 Å². The number of carbonyl (C=O) groups is 2. The average molecular weight is 770 g/mol. The minimum absolute atomic E-state index is 0.000251. The molecule has 0 aromatic carbocycles. The second kappa shape index (κ2) is 42.7. The molecule has 318 valence electrons. The van der Waals surface area contributed by atoms with E-state index >= 15 is 0 Å². The minimum atomic E-state index is -0.809. The number of rotatable bonds is 40. The highest BCUT2D eigenvalue weighted by Gasteiger charge is 2.23. The Bertz CT molecular complexity index is 999. The van der Waals surface area contributed by atoms with Crippen LogP contribution in [0.15, 0.2) is 60.8 Å². The van der Waals surface area contributed by atoms with Crippen molar-refractivity contribution in [3.63, 3.8) is 0 Å². The van der Waals surface area contributed by atoms with Gasteiger partial charge in [0.25, 0.3) is 0 Å². The Kier molecular flexibility index (Phi) is 40.8. The number of carbonyl (C=O) groups excluding carboxylic acids is 2. The Morgan fingerprint density at radius 1 is 0.545 bits per heavy atom. The lowest BCUT2D eigenvalue weighted by molar-refractivity contribution is -0.150. The molecule has 0 aromatic heterocycles. The lowest BCUT2D eigenvalue weighted by atomic mass is 10.0. The molecule has 0 heterocycles. The van der Waals surface area contributed by atoms with E-state index in [2.05, 4.69) is 74.7 Å². The molecule has 0 saturated carbocycles. The van der Waals surface area contributed by atoms with Gasteiger partial charge in [0.1, 0.15) is 6.10 Å². The van der Waals surface area contributed by atoms with Gasteiger partial charge >= 0.3 is 5.97 Å². The number of unbranched alkanes of at least 4 members (excludes halogenated alkanes) is 19. The molecule has 0 bridgehead atoms. The van der Waals surface area contributed by atoms with E-state index in [1.165, 1.54) is 96.3 Å². The SMILES string of the molecule is CC/C=C\C/C=C\C/C=C\C/C=C\C/C=C\CC(CC(=O)NC(CO)C(O)CCCCCCCCCCCCC)OC(=O)CCCCCCCCCCCC. The van der Waals surface area contributed by atoms with Crippen molar-refractivity contribution in [2.75, 3.05) is 6.61 Å². The molecule has 0 spiro atoms. The Morgan fingerprint density at radius 3 is 1.38 bits per heavy atom. The lowest BCUT2D eigenvalue weighted by Gasteiger charge is -2.24. The van der Waals surface area contributed by atoms with Crippen molar-refractivity contribution < 1.29 is 24.5 Å². The highest BCUT2D eigenvalue weighted by molar-refractivity contribution is 5.77. The molecule has 6 nitrogen and oxygen atoms in total. The van der Waals surface area contributed by atoms with Gasteiger partial charge < -0.3 is 20.3 Å². The Morgan fingerprint density at radius 2 is 0.945 bits per heavy atom. The molecule has 55 heavy (non-hydrogen) atoms. The standard InChI is InChI=1S/C49H87NO5/c1-4-7-10-13-16-19-22-23-24-25-27-28-31-34-37-40-45(55-49(54)42-39-36-33-30-21-18-15-12-9-6-3)43-48(53)50-46(44-51)47(52)41-38-35-32-29-26-20-17-14-11-8-5-2/h7,10,16,19,23-24,27-28,34,37,45-47,51-52H,4-6,8-9,11-15,17-18,20-22,25-26,29-33,35-36,38-44H2,1-3H3,(H,50,53)/b10-7-,19-16-,24-23-,28-27-,37-34-. The van der Waals surface area contributed by atoms with Crippen molar-refractivity contribution in [1.29, 1.82) is 0 Å². The van der Waals surface area contributed by atoms with E-state index in [0.717, 1.165) is 70.6 Å². The quantitative estimate of drug-likeness (QED) is 0.0328. The van der Waals surface area contributed by atoms with Gasteiger partial charge in [0.05, 0.1) is 25.2 Å². The second-order valence-electron chi connectivity index (χ2n) is 15.4. The van der Waals surface area contributed by atoms with Crippen molar-refractivity contribution in [2.45, 2.75) is 232 Å². The molecule has 0 fully saturated rings. The third-order valence-corrected chi connectivity index (χ3v) is 10.1. The summed E-state index contributed by atoms with van der Waals surface area (Å²) >= 11 is 0. The molecule has 0 aliphatic heterocycles. The molecule has 0 rings (SSSR count). The van der Waals surface area contributed by atoms with Gasteiger partial charge in [-0.05, 0) is 44.9 Å². The van der Waals surface area contributed by atoms with Crippen molar-refractivity contribution in [1.82, 2.24) is 5.32 Å². The molecule has 0 aliphatic carbocycles. The van der Waals surface area contributed by atoms with Gasteiger partial charge in [0.15, 0.2) is 0 Å². The van der Waals surface area contributed by atoms with Crippen molar-refractivity contribution in [3.05, 3.63) is 60.8 Å². The molecule has 0 saturated heterocycles. The predicted molar refractivity (Wildman–Crippen MR) is 236 cm³/mol. The maximum Gasteiger partial charge on any atom is 0.306 e. The van der Waals surface area contributed by atoms with Gasteiger partial charge in [-0.1, -0.05) is 210 Å². The summed E-state index contributed by atoms with van der Waals surface area (Å²) in [6, 6.07) is -0.729. The highest BCUT2D eigenvalue weighted by Crippen LogP contribution is 2.16. The van der Waals surface area contributed by atoms with Crippen LogP contribution in [0.25, 0.3) is 0 Å². The number of aliphatic hydroxyl groups is 2. The first kappa shape index (κ1) is 52.6. The number of allylic oxidation sites excluding steroid dienone is 9. The topological polar surface area (TPSA) is 95.9 Å². The molecule has 0 aliphatic rings. The Balaban J connectivity index is 4.76. The van der Waals surface area contributed by atoms with Crippen LogP contribution in [0.2, 0.25) is 0 Å². The first-order valence-electron chi connectivity index (χ1n) is 23.0. The van der Waals surface area contributed by atoms with Crippen LogP contribution < -0.4 is 5.32 Å². The van der Waals surface area contributed by atoms with E-state index in [4.69, 9.17) is 4.74 Å². The number of esters is 1. The van der Waals surface area contributed by atoms with Crippen LogP contribution in [0, 0.1) is 0 Å². The molecule has 0 radical (unpaired) electrons. The summed E-state index contributed by atoms with van der Waals surface area (Å²) in [6.45, 7) is 6.30. The zero-order valence-electron chi connectivity index (χ0n) is 36.0. The number of hydrogen-bond acceptors (Lipinski definition) is 5. The third kappa shape index (κ3) is 38.2. The molecule has 3 unspecified atom stereocenters. The summed E-state index contributed by atoms with van der Waals surface area (Å²) in [5.41, 5.74) is 0. The molecular weight excluding hydrogens is 683 g/mol. The normalized spacial score (nSPS) is 13.9. The first-order chi connectivity index (χ1) is 27.0. The van der Waals surface area contributed by atoms with Crippen LogP contribution in [-0.4, -0.2) is 46.9 Å². The lowest BCUT2D eigenvalue weighted by Crippen LogP contribution is -2.46. The zero-order chi connectivity index (χ0) is 40.3. The molecular formula is C49H87NO5. The van der Waals surface area contributed by atoms with Crippen LogP contribution in [0.1, 0.15) is 213 Å². The summed E-state index contributed by atoms with van der Waals surface area (Å²) in [5, 5.41) is 23.6. The van der Waals surface area contributed by atoms with Crippen LogP contribution in [0.4, 0.5) is 0 Å². The fourth-order valence-corrected chi connectivity index (χ4v) is 6.63. The number of amides is 1. The van der Waals surface area contributed by atoms with Crippen LogP contribution in [0.5, 0.6) is 0 Å². The predicted octanol–water partition coefficient (Wildman–Crippen LogP) is 13.3. The smallest absolute Gasteiger partial charge is 0.306 e. The van der Waals surface area contributed by atoms with Gasteiger partial charge in [-0.3, -0.25) is 9.59 Å². The van der Waals surface area contributed by atoms with Gasteiger partial charge in [-0.25, -0.2) is 0 Å². The van der Waals surface area contributed by atoms with Gasteiger partial charge in [0.2, 0.25) is 5.91 Å². The van der Waals surface area contributed by atoms with Crippen LogP contribution in [-0.2, 0) is 14.3 Å². The largest absolute Gasteiger partial charge is 0.461 e. The van der Waals surface area contributed by atoms with Gasteiger partial charge in [-0.15, -0.1) is 0 Å². The Hall–Kier alpha value is -2.44. The van der Waals surface area contributed by atoms with Crippen molar-refractivity contribution in [3.8, 4) is 0 Å². The van der Waals surface area contributed by atoms with E-state index in [-0.39, 0.29) is 24.9 Å². The molecule has 1 amide bonds. The maximum atomic E-state index is 13.1. The molecule has 3 atom stereocenters. The van der Waals surface area contributed by atoms with E-state index in [9.17, 15) is 19.8 Å². The molecule has 6 heteroatoms. The monoisotopic (exact) mass is 770 g/mol. The van der Waals surface area contributed by atoms with E-state index in [1.54, 1.807) is 0 Å². The van der Waals surface area contributed by atoms with Crippen molar-refractivity contribution >= 4 is 11.9 Å². The maximum absolute atomic E-state index is 13.1. The number of nitrogens with one attached hydrogen (secondary N) is 1. The average Bonchev–Trinajstić information content (AvgIpc) is 3.18. The van der Waals surface area contributed by atoms with Crippen molar-refractivity contribution in [2.24, 2.45) is 0 Å². The second-order valence-corrected chi connectivity index (χ2v) is 15.4. The summed E-state index contributed by atoms with van der Waals surface area (Å²) in [6.07, 6.45) is 51.5. The first-order valence-corrected chi connectivity index (χ1v) is 23.0. The third-order valence-electron chi connectivity index (χ3n) is 10.1. The summed E-state index contributed by atoms with van der Waals surface area (Å²) in [7, 11) is 0. The minimum Gasteiger partial charge on any atom is -0.461 e. The molecule has 0 aromatic rings. The van der Waals surface area contributed by atoms with E-state index < -0.39 is 18.2 Å². The van der Waals surface area contributed by atoms with E-state index in [0.29, 0.717) is 19.3 Å².